The van der Waals surface area contributed by atoms with Crippen molar-refractivity contribution in [2.45, 2.75) is 115 Å². The molecule has 2 aromatic carbocycles. The molecule has 1 N–H and O–H groups in total. The van der Waals surface area contributed by atoms with Crippen LogP contribution in [0.3, 0.4) is 0 Å². The van der Waals surface area contributed by atoms with Crippen molar-refractivity contribution in [3.8, 4) is 23.7 Å². The second kappa shape index (κ2) is 14.9. The van der Waals surface area contributed by atoms with Gasteiger partial charge in [-0.15, -0.1) is 0 Å². The van der Waals surface area contributed by atoms with Crippen molar-refractivity contribution in [2.75, 3.05) is 13.1 Å². The number of likely N-dealkylation sites (tertiary alicyclic amines) is 2. The number of Topliss-reactive ketones (excluding diaryl/α,β-unsaturated/α-hetero) is 2. The van der Waals surface area contributed by atoms with E-state index >= 15 is 0 Å². The molecule has 3 fully saturated rings. The fraction of sp³-hybridized carbons (Fsp3) is 0.500. The number of benzene rings is 2. The first-order chi connectivity index (χ1) is 23.2. The Morgan fingerprint density at radius 2 is 0.980 bits per heavy atom. The third-order valence-electron chi connectivity index (χ3n) is 8.80. The zero-order valence-corrected chi connectivity index (χ0v) is 29.4. The number of carbonyl (C=O) groups excluding carboxylic acids is 4. The first kappa shape index (κ1) is 35.7. The number of carbonyl (C=O) groups is 4. The Labute approximate surface area is 290 Å². The van der Waals surface area contributed by atoms with Gasteiger partial charge in [-0.3, -0.25) is 19.4 Å². The van der Waals surface area contributed by atoms with Crippen LogP contribution in [-0.4, -0.2) is 69.9 Å². The lowest BCUT2D eigenvalue weighted by Gasteiger charge is -2.27. The van der Waals surface area contributed by atoms with E-state index in [2.05, 4.69) is 29.0 Å². The maximum absolute atomic E-state index is 12.9. The molecule has 5 rings (SSSR count). The quantitative estimate of drug-likeness (QED) is 0.372. The van der Waals surface area contributed by atoms with E-state index in [0.29, 0.717) is 25.9 Å². The molecule has 0 radical (unpaired) electrons. The Bertz CT molecular complexity index is 1550. The predicted molar refractivity (Wildman–Crippen MR) is 186 cm³/mol. The van der Waals surface area contributed by atoms with Crippen LogP contribution in [0.25, 0.3) is 0 Å². The first-order valence-electron chi connectivity index (χ1n) is 17.2. The van der Waals surface area contributed by atoms with Crippen molar-refractivity contribution in [1.82, 2.24) is 15.1 Å². The maximum Gasteiger partial charge on any atom is 0.410 e. The van der Waals surface area contributed by atoms with E-state index in [9.17, 15) is 19.2 Å². The van der Waals surface area contributed by atoms with Gasteiger partial charge in [0.2, 0.25) is 11.6 Å². The lowest BCUT2D eigenvalue weighted by atomic mass is 10.0. The summed E-state index contributed by atoms with van der Waals surface area (Å²) in [6.45, 7) is 11.8. The van der Waals surface area contributed by atoms with Crippen molar-refractivity contribution in [3.05, 3.63) is 70.8 Å². The summed E-state index contributed by atoms with van der Waals surface area (Å²) in [5.41, 5.74) is 2.55. The fourth-order valence-corrected chi connectivity index (χ4v) is 6.46. The molecule has 3 aliphatic heterocycles. The van der Waals surface area contributed by atoms with Gasteiger partial charge in [0.1, 0.15) is 23.3 Å². The highest BCUT2D eigenvalue weighted by Gasteiger charge is 2.37. The average Bonchev–Trinajstić information content (AvgIpc) is 3.83. The Morgan fingerprint density at radius 3 is 1.33 bits per heavy atom. The molecule has 2 aromatic rings. The number of nitrogens with one attached hydrogen (secondary N) is 1. The number of ketones is 2. The van der Waals surface area contributed by atoms with Crippen molar-refractivity contribution in [1.29, 1.82) is 0 Å². The lowest BCUT2D eigenvalue weighted by molar-refractivity contribution is -0.118. The Balaban J connectivity index is 1.13. The van der Waals surface area contributed by atoms with Crippen LogP contribution < -0.4 is 5.32 Å². The zero-order chi connectivity index (χ0) is 35.3. The highest BCUT2D eigenvalue weighted by atomic mass is 16.6. The molecule has 49 heavy (non-hydrogen) atoms. The number of amides is 2. The van der Waals surface area contributed by atoms with Gasteiger partial charge in [-0.2, -0.15) is 0 Å². The summed E-state index contributed by atoms with van der Waals surface area (Å²) in [7, 11) is 0. The molecule has 9 heteroatoms. The molecule has 0 aliphatic carbocycles. The number of ether oxygens (including phenoxy) is 2. The van der Waals surface area contributed by atoms with Crippen LogP contribution in [-0.2, 0) is 19.1 Å². The summed E-state index contributed by atoms with van der Waals surface area (Å²) < 4.78 is 10.9. The zero-order valence-electron chi connectivity index (χ0n) is 29.4. The van der Waals surface area contributed by atoms with E-state index in [1.54, 1.807) is 0 Å². The van der Waals surface area contributed by atoms with E-state index < -0.39 is 35.5 Å². The van der Waals surface area contributed by atoms with Crippen molar-refractivity contribution in [2.24, 2.45) is 0 Å². The number of hydrogen-bond acceptors (Lipinski definition) is 7. The Hall–Kier alpha value is -4.60. The molecule has 0 bridgehead atoms. The van der Waals surface area contributed by atoms with E-state index in [4.69, 9.17) is 9.47 Å². The van der Waals surface area contributed by atoms with Crippen LogP contribution in [0.5, 0.6) is 0 Å². The molecular formula is C40H47N3O6. The standard InChI is InChI=1S/C40H47N3O6/c1-39(2,3)48-37(46)42-25-7-9-33(42)35(44)23-15-27-11-17-29(18-12-27)31-21-22-32(41-31)30-19-13-28(14-20-30)16-24-36(45)34-10-8-26-43(34)38(47)49-40(4,5)6/h11-14,17-20,31-34,41H,7-10,21-22,25-26H2,1-6H3. The highest BCUT2D eigenvalue weighted by Crippen LogP contribution is 2.34. The topological polar surface area (TPSA) is 105 Å². The molecule has 4 atom stereocenters. The number of hydrogen-bond donors (Lipinski definition) is 1. The maximum atomic E-state index is 12.9. The summed E-state index contributed by atoms with van der Waals surface area (Å²) in [4.78, 5) is 53.9. The largest absolute Gasteiger partial charge is 0.444 e. The second-order valence-electron chi connectivity index (χ2n) is 15.0. The van der Waals surface area contributed by atoms with Gasteiger partial charge in [0.25, 0.3) is 0 Å². The van der Waals surface area contributed by atoms with Gasteiger partial charge in [0.15, 0.2) is 0 Å². The normalized spacial score (nSPS) is 22.1. The molecule has 0 saturated carbocycles. The predicted octanol–water partition coefficient (Wildman–Crippen LogP) is 6.49. The SMILES string of the molecule is CC(C)(C)OC(=O)N1CCCC1C(=O)C#Cc1ccc(C2CCC(c3ccc(C#CC(=O)C4CCCN4C(=O)OC(C)(C)C)cc3)N2)cc1. The molecule has 3 heterocycles. The molecule has 258 valence electrons. The van der Waals surface area contributed by atoms with Crippen LogP contribution in [0.15, 0.2) is 48.5 Å². The van der Waals surface area contributed by atoms with Gasteiger partial charge in [-0.25, -0.2) is 9.59 Å². The van der Waals surface area contributed by atoms with Crippen LogP contribution in [0.1, 0.15) is 114 Å². The molecular weight excluding hydrogens is 618 g/mol. The van der Waals surface area contributed by atoms with Crippen LogP contribution >= 0.6 is 0 Å². The van der Waals surface area contributed by atoms with E-state index in [-0.39, 0.29) is 23.7 Å². The second-order valence-corrected chi connectivity index (χ2v) is 15.0. The van der Waals surface area contributed by atoms with E-state index in [1.807, 2.05) is 90.1 Å². The van der Waals surface area contributed by atoms with Gasteiger partial charge in [0.05, 0.1) is 0 Å². The Morgan fingerprint density at radius 1 is 0.612 bits per heavy atom. The number of nitrogens with zero attached hydrogens (tertiary/aromatic N) is 2. The van der Waals surface area contributed by atoms with Crippen molar-refractivity contribution >= 4 is 23.8 Å². The van der Waals surface area contributed by atoms with Gasteiger partial charge in [0, 0.05) is 36.3 Å². The molecule has 0 aromatic heterocycles. The molecule has 3 saturated heterocycles. The van der Waals surface area contributed by atoms with Gasteiger partial charge in [-0.05, 0) is 127 Å². The van der Waals surface area contributed by atoms with Crippen LogP contribution in [0.2, 0.25) is 0 Å². The number of rotatable bonds is 4. The molecule has 4 unspecified atom stereocenters. The first-order valence-corrected chi connectivity index (χ1v) is 17.2. The summed E-state index contributed by atoms with van der Waals surface area (Å²) in [5.74, 6) is 10.9. The minimum Gasteiger partial charge on any atom is -0.444 e. The molecule has 2 amide bonds. The Kier molecular flexibility index (Phi) is 10.8. The molecule has 3 aliphatic rings. The monoisotopic (exact) mass is 665 g/mol. The van der Waals surface area contributed by atoms with Gasteiger partial charge >= 0.3 is 12.2 Å². The van der Waals surface area contributed by atoms with Crippen LogP contribution in [0, 0.1) is 23.7 Å². The third-order valence-corrected chi connectivity index (χ3v) is 8.80. The summed E-state index contributed by atoms with van der Waals surface area (Å²) in [6, 6.07) is 15.1. The fourth-order valence-electron chi connectivity index (χ4n) is 6.46. The van der Waals surface area contributed by atoms with E-state index in [1.165, 1.54) is 9.80 Å². The summed E-state index contributed by atoms with van der Waals surface area (Å²) >= 11 is 0. The average molecular weight is 666 g/mol. The summed E-state index contributed by atoms with van der Waals surface area (Å²) in [6.07, 6.45) is 3.69. The minimum absolute atomic E-state index is 0.186. The minimum atomic E-state index is -0.622. The van der Waals surface area contributed by atoms with Crippen LogP contribution in [0.4, 0.5) is 9.59 Å². The molecule has 0 spiro atoms. The van der Waals surface area contributed by atoms with Crippen molar-refractivity contribution in [3.63, 3.8) is 0 Å². The van der Waals surface area contributed by atoms with E-state index in [0.717, 1.165) is 47.9 Å². The van der Waals surface area contributed by atoms with Gasteiger partial charge < -0.3 is 14.8 Å². The lowest BCUT2D eigenvalue weighted by Crippen LogP contribution is -2.43. The van der Waals surface area contributed by atoms with Gasteiger partial charge in [-0.1, -0.05) is 36.1 Å². The molecule has 9 nitrogen and oxygen atoms in total. The third kappa shape index (κ3) is 9.52. The highest BCUT2D eigenvalue weighted by molar-refractivity contribution is 6.02. The summed E-state index contributed by atoms with van der Waals surface area (Å²) in [5, 5.41) is 3.72. The van der Waals surface area contributed by atoms with Crippen molar-refractivity contribution < 1.29 is 28.7 Å². The smallest absolute Gasteiger partial charge is 0.410 e.